The molecule has 2 aliphatic rings. The van der Waals surface area contributed by atoms with Crippen LogP contribution >= 0.6 is 0 Å². The normalized spacial score (nSPS) is 23.6. The van der Waals surface area contributed by atoms with Gasteiger partial charge in [-0.25, -0.2) is 4.79 Å². The molecule has 142 valence electrons. The van der Waals surface area contributed by atoms with Crippen LogP contribution in [0.5, 0.6) is 0 Å². The third-order valence-electron chi connectivity index (χ3n) is 5.21. The molecule has 26 heavy (non-hydrogen) atoms. The maximum atomic E-state index is 11.7. The number of fused-ring (bicyclic) bond motifs is 1. The Kier molecular flexibility index (Phi) is 5.66. The number of amides is 1. The van der Waals surface area contributed by atoms with Crippen molar-refractivity contribution in [3.63, 3.8) is 0 Å². The molecule has 7 nitrogen and oxygen atoms in total. The van der Waals surface area contributed by atoms with Gasteiger partial charge in [0.2, 0.25) is 0 Å². The highest BCUT2D eigenvalue weighted by Crippen LogP contribution is 2.36. The van der Waals surface area contributed by atoms with Crippen molar-refractivity contribution in [2.45, 2.75) is 44.2 Å². The number of likely N-dealkylation sites (tertiary alicyclic amines) is 1. The van der Waals surface area contributed by atoms with Gasteiger partial charge in [0.25, 0.3) is 0 Å². The third-order valence-corrected chi connectivity index (χ3v) is 5.21. The van der Waals surface area contributed by atoms with E-state index in [0.717, 1.165) is 24.8 Å². The molecule has 7 heteroatoms. The Bertz CT molecular complexity index is 671. The van der Waals surface area contributed by atoms with E-state index in [1.807, 2.05) is 18.2 Å². The van der Waals surface area contributed by atoms with Crippen LogP contribution in [0.4, 0.5) is 4.79 Å². The number of ether oxygens (including phenoxy) is 1. The standard InChI is InChI=1S/C19H28N4O3/c1-2-26-18(24)23-11-8-15(9-12-23)22-17(20)21-13-19(25)10-7-14-5-3-4-6-16(14)19/h3-6,15,25H,2,7-13H2,1H3,(H3,20,21,22). The van der Waals surface area contributed by atoms with Crippen LogP contribution in [0.15, 0.2) is 29.3 Å². The van der Waals surface area contributed by atoms with Gasteiger partial charge in [0, 0.05) is 19.1 Å². The lowest BCUT2D eigenvalue weighted by Gasteiger charge is -2.32. The first-order chi connectivity index (χ1) is 12.5. The summed E-state index contributed by atoms with van der Waals surface area (Å²) in [5.41, 5.74) is 7.23. The molecule has 0 spiro atoms. The van der Waals surface area contributed by atoms with Gasteiger partial charge >= 0.3 is 6.09 Å². The Morgan fingerprint density at radius 3 is 2.88 bits per heavy atom. The molecule has 1 aliphatic heterocycles. The van der Waals surface area contributed by atoms with E-state index in [0.29, 0.717) is 32.1 Å². The zero-order chi connectivity index (χ0) is 18.6. The van der Waals surface area contributed by atoms with Crippen molar-refractivity contribution in [3.8, 4) is 0 Å². The molecule has 1 fully saturated rings. The molecule has 0 saturated carbocycles. The van der Waals surface area contributed by atoms with E-state index in [1.165, 1.54) is 5.56 Å². The van der Waals surface area contributed by atoms with E-state index < -0.39 is 5.60 Å². The van der Waals surface area contributed by atoms with Crippen LogP contribution in [0, 0.1) is 0 Å². The number of nitrogens with two attached hydrogens (primary N) is 1. The minimum absolute atomic E-state index is 0.176. The zero-order valence-electron chi connectivity index (χ0n) is 15.3. The Balaban J connectivity index is 1.50. The second-order valence-electron chi connectivity index (χ2n) is 6.99. The monoisotopic (exact) mass is 360 g/mol. The molecule has 1 aliphatic carbocycles. The molecule has 0 aromatic heterocycles. The van der Waals surface area contributed by atoms with Gasteiger partial charge < -0.3 is 25.8 Å². The topological polar surface area (TPSA) is 100 Å². The van der Waals surface area contributed by atoms with Crippen LogP contribution in [0.1, 0.15) is 37.3 Å². The van der Waals surface area contributed by atoms with E-state index in [1.54, 1.807) is 11.8 Å². The molecule has 1 amide bonds. The van der Waals surface area contributed by atoms with E-state index in [-0.39, 0.29) is 18.7 Å². The lowest BCUT2D eigenvalue weighted by atomic mass is 9.96. The Labute approximate surface area is 154 Å². The van der Waals surface area contributed by atoms with Crippen LogP contribution in [0.3, 0.4) is 0 Å². The highest BCUT2D eigenvalue weighted by Gasteiger charge is 2.36. The summed E-state index contributed by atoms with van der Waals surface area (Å²) in [7, 11) is 0. The van der Waals surface area contributed by atoms with Gasteiger partial charge in [-0.2, -0.15) is 0 Å². The smallest absolute Gasteiger partial charge is 0.409 e. The zero-order valence-corrected chi connectivity index (χ0v) is 15.3. The summed E-state index contributed by atoms with van der Waals surface area (Å²) in [4.78, 5) is 17.8. The molecule has 1 saturated heterocycles. The van der Waals surface area contributed by atoms with Crippen LogP contribution in [-0.2, 0) is 16.8 Å². The molecule has 0 bridgehead atoms. The van der Waals surface area contributed by atoms with E-state index >= 15 is 0 Å². The largest absolute Gasteiger partial charge is 0.450 e. The van der Waals surface area contributed by atoms with Crippen LogP contribution in [0.2, 0.25) is 0 Å². The minimum atomic E-state index is -0.934. The summed E-state index contributed by atoms with van der Waals surface area (Å²) in [6, 6.07) is 8.13. The van der Waals surface area contributed by atoms with Gasteiger partial charge in [0.05, 0.1) is 13.2 Å². The summed E-state index contributed by atoms with van der Waals surface area (Å²) in [5.74, 6) is 0.345. The predicted octanol–water partition coefficient (Wildman–Crippen LogP) is 1.35. The fraction of sp³-hybridized carbons (Fsp3) is 0.579. The van der Waals surface area contributed by atoms with Crippen molar-refractivity contribution >= 4 is 12.1 Å². The Hall–Kier alpha value is -2.28. The number of aliphatic hydroxyl groups is 1. The first-order valence-corrected chi connectivity index (χ1v) is 9.31. The first kappa shape index (κ1) is 18.5. The summed E-state index contributed by atoms with van der Waals surface area (Å²) < 4.78 is 5.02. The molecule has 1 aromatic carbocycles. The van der Waals surface area contributed by atoms with Gasteiger partial charge in [-0.15, -0.1) is 0 Å². The van der Waals surface area contributed by atoms with Crippen molar-refractivity contribution in [2.75, 3.05) is 26.2 Å². The average Bonchev–Trinajstić information content (AvgIpc) is 2.99. The number of nitrogens with zero attached hydrogens (tertiary/aromatic N) is 2. The van der Waals surface area contributed by atoms with Crippen LogP contribution in [0.25, 0.3) is 0 Å². The van der Waals surface area contributed by atoms with Crippen molar-refractivity contribution < 1.29 is 14.6 Å². The Morgan fingerprint density at radius 2 is 2.15 bits per heavy atom. The number of hydrogen-bond donors (Lipinski definition) is 3. The van der Waals surface area contributed by atoms with Gasteiger partial charge in [0.1, 0.15) is 5.60 Å². The fourth-order valence-corrected chi connectivity index (χ4v) is 3.72. The number of piperidine rings is 1. The van der Waals surface area contributed by atoms with Crippen molar-refractivity contribution in [1.82, 2.24) is 10.2 Å². The maximum Gasteiger partial charge on any atom is 0.409 e. The van der Waals surface area contributed by atoms with Gasteiger partial charge in [0.15, 0.2) is 5.96 Å². The lowest BCUT2D eigenvalue weighted by Crippen LogP contribution is -2.48. The average molecular weight is 360 g/mol. The van der Waals surface area contributed by atoms with E-state index in [9.17, 15) is 9.90 Å². The molecule has 0 radical (unpaired) electrons. The van der Waals surface area contributed by atoms with Crippen molar-refractivity contribution in [1.29, 1.82) is 0 Å². The molecule has 1 atom stereocenters. The summed E-state index contributed by atoms with van der Waals surface area (Å²) in [6.45, 7) is 3.73. The van der Waals surface area contributed by atoms with E-state index in [4.69, 9.17) is 10.5 Å². The summed E-state index contributed by atoms with van der Waals surface area (Å²) in [6.07, 6.45) is 2.86. The Morgan fingerprint density at radius 1 is 1.42 bits per heavy atom. The SMILES string of the molecule is CCOC(=O)N1CCC(NC(N)=NCC2(O)CCc3ccccc32)CC1. The number of aryl methyl sites for hydroxylation is 1. The molecule has 1 aromatic rings. The number of carbonyl (C=O) groups is 1. The number of hydrogen-bond acceptors (Lipinski definition) is 4. The van der Waals surface area contributed by atoms with Gasteiger partial charge in [-0.3, -0.25) is 4.99 Å². The van der Waals surface area contributed by atoms with Crippen molar-refractivity contribution in [3.05, 3.63) is 35.4 Å². The first-order valence-electron chi connectivity index (χ1n) is 9.31. The fourth-order valence-electron chi connectivity index (χ4n) is 3.72. The second kappa shape index (κ2) is 7.95. The summed E-state index contributed by atoms with van der Waals surface area (Å²) >= 11 is 0. The quantitative estimate of drug-likeness (QED) is 0.556. The predicted molar refractivity (Wildman–Crippen MR) is 99.9 cm³/mol. The van der Waals surface area contributed by atoms with Crippen LogP contribution < -0.4 is 11.1 Å². The van der Waals surface area contributed by atoms with Crippen LogP contribution in [-0.4, -0.2) is 54.3 Å². The number of benzene rings is 1. The molecule has 3 rings (SSSR count). The molecule has 4 N–H and O–H groups in total. The molecule has 1 unspecified atom stereocenters. The number of aliphatic imine (C=N–C) groups is 1. The van der Waals surface area contributed by atoms with E-state index in [2.05, 4.69) is 16.4 Å². The molecular weight excluding hydrogens is 332 g/mol. The highest BCUT2D eigenvalue weighted by atomic mass is 16.6. The number of nitrogens with one attached hydrogen (secondary N) is 1. The second-order valence-corrected chi connectivity index (χ2v) is 6.99. The number of rotatable bonds is 4. The third kappa shape index (κ3) is 4.09. The highest BCUT2D eigenvalue weighted by molar-refractivity contribution is 5.78. The van der Waals surface area contributed by atoms with Gasteiger partial charge in [-0.05, 0) is 43.7 Å². The molecule has 1 heterocycles. The van der Waals surface area contributed by atoms with Gasteiger partial charge in [-0.1, -0.05) is 24.3 Å². The number of guanidine groups is 1. The van der Waals surface area contributed by atoms with Crippen molar-refractivity contribution in [2.24, 2.45) is 10.7 Å². The maximum absolute atomic E-state index is 11.7. The summed E-state index contributed by atoms with van der Waals surface area (Å²) in [5, 5.41) is 14.1. The number of carbonyl (C=O) groups excluding carboxylic acids is 1. The lowest BCUT2D eigenvalue weighted by molar-refractivity contribution is 0.0485. The minimum Gasteiger partial charge on any atom is -0.450 e. The molecular formula is C19H28N4O3.